The lowest BCUT2D eigenvalue weighted by atomic mass is 10.0. The smallest absolute Gasteiger partial charge is 0.247 e. The van der Waals surface area contributed by atoms with Crippen molar-refractivity contribution < 1.29 is 13.2 Å². The molecule has 0 atom stereocenters. The standard InChI is InChI=1S/C9H14N2O3S2/c12-8-6-11(9(15)10-8)16(13,14)7-4-2-1-3-5-7/h7H,1-6H2,(H,10,12,15). The molecule has 0 spiro atoms. The Hall–Kier alpha value is -0.690. The van der Waals surface area contributed by atoms with Gasteiger partial charge in [-0.1, -0.05) is 19.3 Å². The Morgan fingerprint density at radius 2 is 1.88 bits per heavy atom. The quantitative estimate of drug-likeness (QED) is 0.730. The fourth-order valence-corrected chi connectivity index (χ4v) is 4.52. The molecule has 1 saturated carbocycles. The molecule has 2 fully saturated rings. The van der Waals surface area contributed by atoms with E-state index >= 15 is 0 Å². The van der Waals surface area contributed by atoms with Crippen molar-refractivity contribution in [1.82, 2.24) is 9.62 Å². The first-order chi connectivity index (χ1) is 7.51. The van der Waals surface area contributed by atoms with Gasteiger partial charge < -0.3 is 5.32 Å². The molecule has 0 radical (unpaired) electrons. The zero-order valence-corrected chi connectivity index (χ0v) is 10.4. The van der Waals surface area contributed by atoms with E-state index in [9.17, 15) is 13.2 Å². The molecule has 0 aromatic rings. The van der Waals surface area contributed by atoms with Crippen LogP contribution < -0.4 is 5.32 Å². The summed E-state index contributed by atoms with van der Waals surface area (Å²) in [5, 5.41) is 2.01. The third-order valence-corrected chi connectivity index (χ3v) is 5.72. The monoisotopic (exact) mass is 262 g/mol. The molecule has 16 heavy (non-hydrogen) atoms. The summed E-state index contributed by atoms with van der Waals surface area (Å²) >= 11 is 4.85. The van der Waals surface area contributed by atoms with Gasteiger partial charge in [-0.3, -0.25) is 4.79 Å². The molecule has 1 amide bonds. The second kappa shape index (κ2) is 4.29. The van der Waals surface area contributed by atoms with Crippen molar-refractivity contribution in [2.75, 3.05) is 6.54 Å². The average molecular weight is 262 g/mol. The lowest BCUT2D eigenvalue weighted by Crippen LogP contribution is -2.41. The Kier molecular flexibility index (Phi) is 3.16. The van der Waals surface area contributed by atoms with Crippen LogP contribution in [0, 0.1) is 0 Å². The molecule has 0 unspecified atom stereocenters. The predicted molar refractivity (Wildman–Crippen MR) is 63.2 cm³/mol. The fraction of sp³-hybridized carbons (Fsp3) is 0.778. The minimum Gasteiger partial charge on any atom is -0.301 e. The predicted octanol–water partition coefficient (Wildman–Crippen LogP) is 0.366. The minimum atomic E-state index is -3.44. The van der Waals surface area contributed by atoms with Crippen LogP contribution in [0.25, 0.3) is 0 Å². The van der Waals surface area contributed by atoms with Gasteiger partial charge in [-0.05, 0) is 25.1 Å². The van der Waals surface area contributed by atoms with E-state index in [0.29, 0.717) is 12.8 Å². The van der Waals surface area contributed by atoms with Crippen LogP contribution in [0.2, 0.25) is 0 Å². The normalized spacial score (nSPS) is 23.6. The van der Waals surface area contributed by atoms with E-state index in [1.54, 1.807) is 0 Å². The fourth-order valence-electron chi connectivity index (χ4n) is 2.17. The van der Waals surface area contributed by atoms with E-state index in [4.69, 9.17) is 12.2 Å². The molecule has 1 N–H and O–H groups in total. The Morgan fingerprint density at radius 3 is 2.38 bits per heavy atom. The number of hydrogen-bond acceptors (Lipinski definition) is 4. The van der Waals surface area contributed by atoms with Crippen molar-refractivity contribution in [2.45, 2.75) is 37.4 Å². The van der Waals surface area contributed by atoms with Gasteiger partial charge >= 0.3 is 0 Å². The first-order valence-corrected chi connectivity index (χ1v) is 7.28. The number of nitrogens with one attached hydrogen (secondary N) is 1. The Bertz CT molecular complexity index is 412. The van der Waals surface area contributed by atoms with Gasteiger partial charge in [0.2, 0.25) is 15.9 Å². The topological polar surface area (TPSA) is 66.5 Å². The molecule has 1 aliphatic heterocycles. The second-order valence-corrected chi connectivity index (χ2v) is 6.69. The minimum absolute atomic E-state index is 0.0237. The van der Waals surface area contributed by atoms with Gasteiger partial charge in [-0.25, -0.2) is 12.7 Å². The zero-order valence-electron chi connectivity index (χ0n) is 8.81. The number of nitrogens with zero attached hydrogens (tertiary/aromatic N) is 1. The van der Waals surface area contributed by atoms with Gasteiger partial charge in [0, 0.05) is 0 Å². The Morgan fingerprint density at radius 1 is 1.25 bits per heavy atom. The summed E-state index contributed by atoms with van der Waals surface area (Å²) in [6.45, 7) is -0.155. The van der Waals surface area contributed by atoms with E-state index in [0.717, 1.165) is 23.6 Å². The molecule has 2 aliphatic rings. The number of hydrogen-bond donors (Lipinski definition) is 1. The maximum atomic E-state index is 12.2. The van der Waals surface area contributed by atoms with Gasteiger partial charge in [0.05, 0.1) is 5.25 Å². The molecule has 5 nitrogen and oxygen atoms in total. The highest BCUT2D eigenvalue weighted by atomic mass is 32.2. The van der Waals surface area contributed by atoms with Crippen molar-refractivity contribution in [2.24, 2.45) is 0 Å². The average Bonchev–Trinajstić information content (AvgIpc) is 2.60. The van der Waals surface area contributed by atoms with Gasteiger partial charge in [0.1, 0.15) is 6.54 Å². The van der Waals surface area contributed by atoms with Gasteiger partial charge in [-0.2, -0.15) is 0 Å². The number of carbonyl (C=O) groups is 1. The third-order valence-electron chi connectivity index (χ3n) is 3.04. The lowest BCUT2D eigenvalue weighted by Gasteiger charge is -2.26. The number of amides is 1. The highest BCUT2D eigenvalue weighted by molar-refractivity contribution is 7.92. The molecule has 2 rings (SSSR count). The summed E-state index contributed by atoms with van der Waals surface area (Å²) in [7, 11) is -3.44. The first kappa shape index (κ1) is 11.8. The highest BCUT2D eigenvalue weighted by Crippen LogP contribution is 2.26. The van der Waals surface area contributed by atoms with E-state index in [2.05, 4.69) is 5.32 Å². The molecular weight excluding hydrogens is 248 g/mol. The van der Waals surface area contributed by atoms with Crippen LogP contribution in [0.15, 0.2) is 0 Å². The molecule has 0 aromatic heterocycles. The number of rotatable bonds is 2. The summed E-state index contributed by atoms with van der Waals surface area (Å²) < 4.78 is 25.4. The summed E-state index contributed by atoms with van der Waals surface area (Å²) in [5.74, 6) is -0.343. The Labute approximate surface area is 100 Å². The third kappa shape index (κ3) is 2.06. The van der Waals surface area contributed by atoms with Crippen molar-refractivity contribution in [3.05, 3.63) is 0 Å². The summed E-state index contributed by atoms with van der Waals surface area (Å²) in [6.07, 6.45) is 4.32. The number of sulfonamides is 1. The first-order valence-electron chi connectivity index (χ1n) is 5.37. The van der Waals surface area contributed by atoms with Crippen LogP contribution in [0.5, 0.6) is 0 Å². The Balaban J connectivity index is 2.18. The molecule has 1 saturated heterocycles. The van der Waals surface area contributed by atoms with Crippen LogP contribution in [0.3, 0.4) is 0 Å². The largest absolute Gasteiger partial charge is 0.301 e. The zero-order chi connectivity index (χ0) is 11.8. The van der Waals surface area contributed by atoms with Crippen LogP contribution in [0.4, 0.5) is 0 Å². The van der Waals surface area contributed by atoms with Crippen molar-refractivity contribution in [3.8, 4) is 0 Å². The van der Waals surface area contributed by atoms with Crippen molar-refractivity contribution >= 4 is 33.3 Å². The summed E-state index contributed by atoms with van der Waals surface area (Å²) in [5.41, 5.74) is 0. The van der Waals surface area contributed by atoms with E-state index in [1.807, 2.05) is 0 Å². The molecule has 7 heteroatoms. The lowest BCUT2D eigenvalue weighted by molar-refractivity contribution is -0.118. The van der Waals surface area contributed by atoms with Crippen molar-refractivity contribution in [1.29, 1.82) is 0 Å². The molecule has 1 aliphatic carbocycles. The molecule has 90 valence electrons. The van der Waals surface area contributed by atoms with Crippen LogP contribution >= 0.6 is 12.2 Å². The van der Waals surface area contributed by atoms with E-state index in [-0.39, 0.29) is 22.8 Å². The molecule has 0 aromatic carbocycles. The number of thiocarbonyl (C=S) groups is 1. The SMILES string of the molecule is O=C1CN(S(=O)(=O)C2CCCCC2)C(=S)N1. The van der Waals surface area contributed by atoms with Crippen molar-refractivity contribution in [3.63, 3.8) is 0 Å². The van der Waals surface area contributed by atoms with Gasteiger partial charge in [0.15, 0.2) is 5.11 Å². The van der Waals surface area contributed by atoms with Crippen LogP contribution in [0.1, 0.15) is 32.1 Å². The maximum Gasteiger partial charge on any atom is 0.247 e. The van der Waals surface area contributed by atoms with Crippen LogP contribution in [-0.2, 0) is 14.8 Å². The van der Waals surface area contributed by atoms with E-state index < -0.39 is 10.0 Å². The van der Waals surface area contributed by atoms with Gasteiger partial charge in [-0.15, -0.1) is 0 Å². The summed E-state index contributed by atoms with van der Waals surface area (Å²) in [6, 6.07) is 0. The second-order valence-electron chi connectivity index (χ2n) is 4.16. The summed E-state index contributed by atoms with van der Waals surface area (Å²) in [4.78, 5) is 11.1. The molecule has 0 bridgehead atoms. The van der Waals surface area contributed by atoms with Gasteiger partial charge in [0.25, 0.3) is 0 Å². The van der Waals surface area contributed by atoms with Crippen LogP contribution in [-0.4, -0.2) is 35.5 Å². The molecule has 1 heterocycles. The number of carbonyl (C=O) groups excluding carboxylic acids is 1. The highest BCUT2D eigenvalue weighted by Gasteiger charge is 2.39. The molecular formula is C9H14N2O3S2. The van der Waals surface area contributed by atoms with E-state index in [1.165, 1.54) is 0 Å². The maximum absolute atomic E-state index is 12.2.